The Morgan fingerprint density at radius 3 is 2.92 bits per heavy atom. The number of thioether (sulfide) groups is 1. The Labute approximate surface area is 83.9 Å². The van der Waals surface area contributed by atoms with Crippen molar-refractivity contribution in [2.45, 2.75) is 11.7 Å². The van der Waals surface area contributed by atoms with Crippen LogP contribution in [-0.2, 0) is 5.75 Å². The predicted molar refractivity (Wildman–Crippen MR) is 59.3 cm³/mol. The Morgan fingerprint density at radius 2 is 2.31 bits per heavy atom. The van der Waals surface area contributed by atoms with E-state index < -0.39 is 0 Å². The van der Waals surface area contributed by atoms with Gasteiger partial charge in [-0.15, -0.1) is 0 Å². The second kappa shape index (κ2) is 4.16. The highest BCUT2D eigenvalue weighted by Crippen LogP contribution is 2.21. The van der Waals surface area contributed by atoms with Gasteiger partial charge >= 0.3 is 0 Å². The minimum atomic E-state index is 0.766. The summed E-state index contributed by atoms with van der Waals surface area (Å²) >= 11 is 1.89. The molecule has 1 heterocycles. The topological polar surface area (TPSA) is 12.0 Å². The van der Waals surface area contributed by atoms with Gasteiger partial charge in [-0.3, -0.25) is 0 Å². The first-order valence-corrected chi connectivity index (χ1v) is 6.08. The molecule has 1 saturated heterocycles. The SMILES string of the molecule is CSCc1cccc(C2CNC2)c1. The first-order chi connectivity index (χ1) is 6.40. The van der Waals surface area contributed by atoms with Crippen molar-refractivity contribution in [1.82, 2.24) is 5.32 Å². The summed E-state index contributed by atoms with van der Waals surface area (Å²) in [7, 11) is 0. The van der Waals surface area contributed by atoms with Crippen LogP contribution in [0.15, 0.2) is 24.3 Å². The van der Waals surface area contributed by atoms with Gasteiger partial charge in [0.1, 0.15) is 0 Å². The molecule has 0 spiro atoms. The largest absolute Gasteiger partial charge is 0.315 e. The lowest BCUT2D eigenvalue weighted by molar-refractivity contribution is 0.448. The Hall–Kier alpha value is -0.470. The van der Waals surface area contributed by atoms with Crippen LogP contribution in [0.1, 0.15) is 17.0 Å². The lowest BCUT2D eigenvalue weighted by Crippen LogP contribution is -2.39. The third kappa shape index (κ3) is 2.06. The van der Waals surface area contributed by atoms with Crippen LogP contribution in [0, 0.1) is 0 Å². The van der Waals surface area contributed by atoms with Crippen molar-refractivity contribution in [2.24, 2.45) is 0 Å². The first kappa shape index (κ1) is 9.10. The summed E-state index contributed by atoms with van der Waals surface area (Å²) in [5, 5.41) is 3.31. The van der Waals surface area contributed by atoms with E-state index in [0.717, 1.165) is 24.8 Å². The molecule has 2 rings (SSSR count). The molecule has 1 aromatic rings. The molecule has 1 N–H and O–H groups in total. The molecular weight excluding hydrogens is 178 g/mol. The third-order valence-electron chi connectivity index (χ3n) is 2.51. The maximum absolute atomic E-state index is 3.31. The van der Waals surface area contributed by atoms with Gasteiger partial charge in [0.15, 0.2) is 0 Å². The number of hydrogen-bond donors (Lipinski definition) is 1. The monoisotopic (exact) mass is 193 g/mol. The van der Waals surface area contributed by atoms with Gasteiger partial charge in [-0.05, 0) is 17.4 Å². The minimum Gasteiger partial charge on any atom is -0.315 e. The molecule has 1 aliphatic heterocycles. The zero-order valence-electron chi connectivity index (χ0n) is 7.92. The normalized spacial score (nSPS) is 17.0. The van der Waals surface area contributed by atoms with Gasteiger partial charge in [0.25, 0.3) is 0 Å². The van der Waals surface area contributed by atoms with E-state index in [-0.39, 0.29) is 0 Å². The molecule has 0 aromatic heterocycles. The Kier molecular flexibility index (Phi) is 2.91. The Balaban J connectivity index is 2.11. The molecule has 0 radical (unpaired) electrons. The smallest absolute Gasteiger partial charge is 0.0181 e. The van der Waals surface area contributed by atoms with Gasteiger partial charge in [0.05, 0.1) is 0 Å². The molecule has 1 nitrogen and oxygen atoms in total. The lowest BCUT2D eigenvalue weighted by Gasteiger charge is -2.27. The van der Waals surface area contributed by atoms with Crippen LogP contribution in [0.3, 0.4) is 0 Å². The van der Waals surface area contributed by atoms with Gasteiger partial charge < -0.3 is 5.32 Å². The van der Waals surface area contributed by atoms with Gasteiger partial charge in [-0.2, -0.15) is 11.8 Å². The van der Waals surface area contributed by atoms with Crippen molar-refractivity contribution in [3.8, 4) is 0 Å². The predicted octanol–water partition coefficient (Wildman–Crippen LogP) is 2.24. The molecule has 13 heavy (non-hydrogen) atoms. The van der Waals surface area contributed by atoms with Crippen LogP contribution in [0.25, 0.3) is 0 Å². The van der Waals surface area contributed by atoms with Crippen molar-refractivity contribution in [2.75, 3.05) is 19.3 Å². The van der Waals surface area contributed by atoms with E-state index >= 15 is 0 Å². The summed E-state index contributed by atoms with van der Waals surface area (Å²) < 4.78 is 0. The van der Waals surface area contributed by atoms with Crippen LogP contribution in [0.2, 0.25) is 0 Å². The zero-order valence-corrected chi connectivity index (χ0v) is 8.73. The molecule has 70 valence electrons. The van der Waals surface area contributed by atoms with Gasteiger partial charge in [-0.1, -0.05) is 24.3 Å². The highest BCUT2D eigenvalue weighted by Gasteiger charge is 2.18. The van der Waals surface area contributed by atoms with E-state index in [2.05, 4.69) is 35.8 Å². The molecule has 0 amide bonds. The first-order valence-electron chi connectivity index (χ1n) is 4.68. The molecule has 2 heteroatoms. The second-order valence-electron chi connectivity index (χ2n) is 3.53. The average Bonchev–Trinajstić information content (AvgIpc) is 2.02. The Morgan fingerprint density at radius 1 is 1.46 bits per heavy atom. The third-order valence-corrected chi connectivity index (χ3v) is 3.14. The molecule has 1 aromatic carbocycles. The highest BCUT2D eigenvalue weighted by atomic mass is 32.2. The van der Waals surface area contributed by atoms with E-state index in [0.29, 0.717) is 0 Å². The van der Waals surface area contributed by atoms with Crippen molar-refractivity contribution in [1.29, 1.82) is 0 Å². The Bertz CT molecular complexity index is 281. The van der Waals surface area contributed by atoms with Crippen LogP contribution in [-0.4, -0.2) is 19.3 Å². The molecule has 0 bridgehead atoms. The summed E-state index contributed by atoms with van der Waals surface area (Å²) in [5.74, 6) is 1.90. The highest BCUT2D eigenvalue weighted by molar-refractivity contribution is 7.97. The van der Waals surface area contributed by atoms with Crippen LogP contribution in [0.4, 0.5) is 0 Å². The molecule has 1 fully saturated rings. The summed E-state index contributed by atoms with van der Waals surface area (Å²) in [6, 6.07) is 8.99. The van der Waals surface area contributed by atoms with Crippen molar-refractivity contribution in [3.05, 3.63) is 35.4 Å². The van der Waals surface area contributed by atoms with Crippen molar-refractivity contribution >= 4 is 11.8 Å². The standard InChI is InChI=1S/C11H15NS/c1-13-8-9-3-2-4-10(5-9)11-6-12-7-11/h2-5,11-12H,6-8H2,1H3. The molecule has 0 saturated carbocycles. The number of hydrogen-bond acceptors (Lipinski definition) is 2. The quantitative estimate of drug-likeness (QED) is 0.790. The van der Waals surface area contributed by atoms with Crippen LogP contribution < -0.4 is 5.32 Å². The van der Waals surface area contributed by atoms with Crippen LogP contribution in [0.5, 0.6) is 0 Å². The molecule has 0 atom stereocenters. The lowest BCUT2D eigenvalue weighted by atomic mass is 9.93. The summed E-state index contributed by atoms with van der Waals surface area (Å²) in [6.45, 7) is 2.31. The number of benzene rings is 1. The fraction of sp³-hybridized carbons (Fsp3) is 0.455. The zero-order chi connectivity index (χ0) is 9.10. The molecular formula is C11H15NS. The average molecular weight is 193 g/mol. The van der Waals surface area contributed by atoms with E-state index in [1.165, 1.54) is 11.1 Å². The van der Waals surface area contributed by atoms with E-state index in [9.17, 15) is 0 Å². The van der Waals surface area contributed by atoms with Crippen molar-refractivity contribution < 1.29 is 0 Å². The summed E-state index contributed by atoms with van der Waals surface area (Å²) in [4.78, 5) is 0. The minimum absolute atomic E-state index is 0.766. The maximum Gasteiger partial charge on any atom is 0.0181 e. The fourth-order valence-corrected chi connectivity index (χ4v) is 2.14. The summed E-state index contributed by atoms with van der Waals surface area (Å²) in [6.07, 6.45) is 2.15. The van der Waals surface area contributed by atoms with E-state index in [1.807, 2.05) is 11.8 Å². The van der Waals surface area contributed by atoms with Gasteiger partial charge in [0, 0.05) is 24.8 Å². The molecule has 0 aliphatic carbocycles. The maximum atomic E-state index is 3.31. The fourth-order valence-electron chi connectivity index (χ4n) is 1.63. The van der Waals surface area contributed by atoms with Gasteiger partial charge in [0.2, 0.25) is 0 Å². The second-order valence-corrected chi connectivity index (χ2v) is 4.40. The summed E-state index contributed by atoms with van der Waals surface area (Å²) in [5.41, 5.74) is 2.96. The van der Waals surface area contributed by atoms with Crippen molar-refractivity contribution in [3.63, 3.8) is 0 Å². The number of nitrogens with one attached hydrogen (secondary N) is 1. The van der Waals surface area contributed by atoms with Crippen LogP contribution >= 0.6 is 11.8 Å². The molecule has 0 unspecified atom stereocenters. The van der Waals surface area contributed by atoms with Gasteiger partial charge in [-0.25, -0.2) is 0 Å². The number of rotatable bonds is 3. The van der Waals surface area contributed by atoms with E-state index in [1.54, 1.807) is 0 Å². The molecule has 1 aliphatic rings. The van der Waals surface area contributed by atoms with E-state index in [4.69, 9.17) is 0 Å².